The van der Waals surface area contributed by atoms with Gasteiger partial charge >= 0.3 is 0 Å². The van der Waals surface area contributed by atoms with Crippen molar-refractivity contribution in [1.29, 1.82) is 0 Å². The van der Waals surface area contributed by atoms with Gasteiger partial charge < -0.3 is 29.9 Å². The van der Waals surface area contributed by atoms with Crippen LogP contribution in [0.25, 0.3) is 0 Å². The molecule has 0 aromatic heterocycles. The summed E-state index contributed by atoms with van der Waals surface area (Å²) in [7, 11) is 7.57. The maximum Gasteiger partial charge on any atom is 0.191 e. The lowest BCUT2D eigenvalue weighted by molar-refractivity contribution is 0.393. The van der Waals surface area contributed by atoms with Gasteiger partial charge in [-0.2, -0.15) is 0 Å². The minimum Gasteiger partial charge on any atom is -0.497 e. The van der Waals surface area contributed by atoms with E-state index in [-0.39, 0.29) is 24.0 Å². The Morgan fingerprint density at radius 1 is 1.14 bits per heavy atom. The number of aliphatic imine (C=N–C) groups is 1. The zero-order valence-electron chi connectivity index (χ0n) is 18.5. The zero-order valence-corrected chi connectivity index (χ0v) is 20.9. The second kappa shape index (κ2) is 13.7. The summed E-state index contributed by atoms with van der Waals surface area (Å²) in [6.07, 6.45) is 3.21. The molecular weight excluding hydrogens is 481 g/mol. The van der Waals surface area contributed by atoms with E-state index in [1.165, 1.54) is 0 Å². The second-order valence-corrected chi connectivity index (χ2v) is 7.39. The predicted octanol–water partition coefficient (Wildman–Crippen LogP) is 2.80. The van der Waals surface area contributed by atoms with Crippen LogP contribution in [0.15, 0.2) is 23.2 Å². The number of hydrogen-bond donors (Lipinski definition) is 2. The van der Waals surface area contributed by atoms with Crippen LogP contribution < -0.4 is 25.0 Å². The molecule has 8 heteroatoms. The molecule has 1 aromatic carbocycles. The van der Waals surface area contributed by atoms with Crippen LogP contribution in [0.3, 0.4) is 0 Å². The minimum atomic E-state index is 0. The molecule has 1 aromatic rings. The Kier molecular flexibility index (Phi) is 12.1. The molecule has 7 nitrogen and oxygen atoms in total. The fraction of sp³-hybridized carbons (Fsp3) is 0.667. The summed E-state index contributed by atoms with van der Waals surface area (Å²) in [6.45, 7) is 6.88. The van der Waals surface area contributed by atoms with Gasteiger partial charge in [0.2, 0.25) is 0 Å². The van der Waals surface area contributed by atoms with Crippen molar-refractivity contribution in [2.75, 3.05) is 65.9 Å². The van der Waals surface area contributed by atoms with Gasteiger partial charge in [0.05, 0.1) is 14.2 Å². The number of anilines is 1. The number of nitrogens with one attached hydrogen (secondary N) is 2. The van der Waals surface area contributed by atoms with Crippen molar-refractivity contribution in [1.82, 2.24) is 15.5 Å². The van der Waals surface area contributed by atoms with E-state index in [1.54, 1.807) is 14.2 Å². The molecule has 2 rings (SSSR count). The molecule has 2 N–H and O–H groups in total. The molecule has 1 heterocycles. The van der Waals surface area contributed by atoms with Gasteiger partial charge in [0.1, 0.15) is 11.5 Å². The predicted molar refractivity (Wildman–Crippen MR) is 132 cm³/mol. The van der Waals surface area contributed by atoms with Gasteiger partial charge in [-0.25, -0.2) is 0 Å². The van der Waals surface area contributed by atoms with Crippen LogP contribution >= 0.6 is 24.0 Å². The van der Waals surface area contributed by atoms with Gasteiger partial charge in [-0.15, -0.1) is 24.0 Å². The first-order valence-corrected chi connectivity index (χ1v) is 10.2. The Balaban J connectivity index is 0.00000420. The first-order valence-electron chi connectivity index (χ1n) is 10.2. The molecule has 0 saturated carbocycles. The molecule has 0 atom stereocenters. The highest BCUT2D eigenvalue weighted by molar-refractivity contribution is 14.0. The minimum absolute atomic E-state index is 0. The molecule has 166 valence electrons. The third kappa shape index (κ3) is 8.86. The number of rotatable bonds is 9. The maximum atomic E-state index is 5.40. The average Bonchev–Trinajstić information content (AvgIpc) is 2.71. The summed E-state index contributed by atoms with van der Waals surface area (Å²) in [5.74, 6) is 2.59. The van der Waals surface area contributed by atoms with Gasteiger partial charge in [-0.05, 0) is 46.8 Å². The molecule has 1 aliphatic rings. The average molecular weight is 519 g/mol. The fourth-order valence-electron chi connectivity index (χ4n) is 3.35. The Labute approximate surface area is 193 Å². The first-order chi connectivity index (χ1) is 13.5. The molecule has 1 aliphatic heterocycles. The number of methoxy groups -OCH3 is 2. The number of nitrogens with zero attached hydrogens (tertiary/aromatic N) is 3. The Bertz CT molecular complexity index is 597. The van der Waals surface area contributed by atoms with Gasteiger partial charge in [0.25, 0.3) is 0 Å². The van der Waals surface area contributed by atoms with Crippen molar-refractivity contribution in [3.63, 3.8) is 0 Å². The molecule has 29 heavy (non-hydrogen) atoms. The summed E-state index contributed by atoms with van der Waals surface area (Å²) < 4.78 is 10.8. The van der Waals surface area contributed by atoms with E-state index in [0.717, 1.165) is 75.1 Å². The lowest BCUT2D eigenvalue weighted by atomic mass is 10.0. The first kappa shape index (κ1) is 25.6. The molecule has 0 amide bonds. The van der Waals surface area contributed by atoms with Crippen LogP contribution in [-0.4, -0.2) is 77.9 Å². The number of ether oxygens (including phenoxy) is 2. The van der Waals surface area contributed by atoms with E-state index in [0.29, 0.717) is 6.04 Å². The Hall–Kier alpha value is -1.42. The van der Waals surface area contributed by atoms with E-state index >= 15 is 0 Å². The van der Waals surface area contributed by atoms with Gasteiger partial charge in [0, 0.05) is 56.1 Å². The molecule has 0 radical (unpaired) electrons. The van der Waals surface area contributed by atoms with Crippen LogP contribution in [0.2, 0.25) is 0 Å². The van der Waals surface area contributed by atoms with Crippen molar-refractivity contribution in [2.45, 2.75) is 32.2 Å². The second-order valence-electron chi connectivity index (χ2n) is 7.39. The normalized spacial score (nSPS) is 15.1. The topological polar surface area (TPSA) is 61.4 Å². The number of piperidine rings is 1. The van der Waals surface area contributed by atoms with Crippen molar-refractivity contribution < 1.29 is 9.47 Å². The van der Waals surface area contributed by atoms with Crippen molar-refractivity contribution in [3.8, 4) is 11.5 Å². The van der Waals surface area contributed by atoms with Crippen molar-refractivity contribution in [2.24, 2.45) is 4.99 Å². The molecule has 0 bridgehead atoms. The smallest absolute Gasteiger partial charge is 0.191 e. The molecule has 1 fully saturated rings. The van der Waals surface area contributed by atoms with Crippen LogP contribution in [0.4, 0.5) is 5.69 Å². The number of guanidine groups is 1. The summed E-state index contributed by atoms with van der Waals surface area (Å²) >= 11 is 0. The van der Waals surface area contributed by atoms with E-state index < -0.39 is 0 Å². The quantitative estimate of drug-likeness (QED) is 0.227. The molecule has 0 unspecified atom stereocenters. The number of hydrogen-bond acceptors (Lipinski definition) is 5. The molecular formula is C21H38IN5O2. The largest absolute Gasteiger partial charge is 0.497 e. The Morgan fingerprint density at radius 3 is 2.28 bits per heavy atom. The fourth-order valence-corrected chi connectivity index (χ4v) is 3.35. The van der Waals surface area contributed by atoms with Crippen LogP contribution in [0, 0.1) is 0 Å². The molecule has 0 aliphatic carbocycles. The highest BCUT2D eigenvalue weighted by atomic mass is 127. The summed E-state index contributed by atoms with van der Waals surface area (Å²) in [5.41, 5.74) is 1.15. The highest BCUT2D eigenvalue weighted by Crippen LogP contribution is 2.30. The van der Waals surface area contributed by atoms with E-state index in [4.69, 9.17) is 14.5 Å². The maximum absolute atomic E-state index is 5.40. The standard InChI is InChI=1S/C21H37N5O2.HI/c1-6-22-21(23-10-7-11-25(2)3)24-17-8-12-26(13-9-17)18-14-19(27-4)16-20(15-18)28-5;/h14-17H,6-13H2,1-5H3,(H2,22,23,24);1H. The van der Waals surface area contributed by atoms with Crippen molar-refractivity contribution in [3.05, 3.63) is 18.2 Å². The van der Waals surface area contributed by atoms with Crippen molar-refractivity contribution >= 4 is 35.6 Å². The highest BCUT2D eigenvalue weighted by Gasteiger charge is 2.21. The SMILES string of the molecule is CCNC(=NCCCN(C)C)NC1CCN(c2cc(OC)cc(OC)c2)CC1.I. The van der Waals surface area contributed by atoms with Crippen LogP contribution in [0.1, 0.15) is 26.2 Å². The van der Waals surface area contributed by atoms with E-state index in [9.17, 15) is 0 Å². The van der Waals surface area contributed by atoms with Crippen LogP contribution in [-0.2, 0) is 0 Å². The van der Waals surface area contributed by atoms with Gasteiger partial charge in [0.15, 0.2) is 5.96 Å². The van der Waals surface area contributed by atoms with Crippen LogP contribution in [0.5, 0.6) is 11.5 Å². The summed E-state index contributed by atoms with van der Waals surface area (Å²) in [6, 6.07) is 6.50. The zero-order chi connectivity index (χ0) is 20.4. The molecule has 0 spiro atoms. The number of benzene rings is 1. The number of halogens is 1. The van der Waals surface area contributed by atoms with Gasteiger partial charge in [-0.3, -0.25) is 4.99 Å². The summed E-state index contributed by atoms with van der Waals surface area (Å²) in [5, 5.41) is 6.98. The lowest BCUT2D eigenvalue weighted by Gasteiger charge is -2.34. The lowest BCUT2D eigenvalue weighted by Crippen LogP contribution is -2.48. The molecule has 1 saturated heterocycles. The van der Waals surface area contributed by atoms with E-state index in [1.807, 2.05) is 6.07 Å². The monoisotopic (exact) mass is 519 g/mol. The third-order valence-corrected chi connectivity index (χ3v) is 4.91. The third-order valence-electron chi connectivity index (χ3n) is 4.91. The van der Waals surface area contributed by atoms with E-state index in [2.05, 4.69) is 53.6 Å². The summed E-state index contributed by atoms with van der Waals surface area (Å²) in [4.78, 5) is 9.31. The van der Waals surface area contributed by atoms with Gasteiger partial charge in [-0.1, -0.05) is 0 Å². The Morgan fingerprint density at radius 2 is 1.76 bits per heavy atom.